The van der Waals surface area contributed by atoms with E-state index in [2.05, 4.69) is 26.2 Å². The van der Waals surface area contributed by atoms with Crippen molar-refractivity contribution in [3.8, 4) is 0 Å². The Balaban J connectivity index is 3.75. The van der Waals surface area contributed by atoms with Gasteiger partial charge in [0.1, 0.15) is 0 Å². The van der Waals surface area contributed by atoms with Crippen molar-refractivity contribution in [2.24, 2.45) is 11.8 Å². The maximum Gasteiger partial charge on any atom is 0.0213 e. The second kappa shape index (κ2) is 9.47. The normalized spacial score (nSPS) is 15.4. The van der Waals surface area contributed by atoms with Crippen LogP contribution in [0.2, 0.25) is 0 Å². The number of hydrogen-bond acceptors (Lipinski definition) is 2. The standard InChI is InChI=1S/C12H28N2/c1-4-7-9-11(6-3)10-12(14-13)8-5-2/h11-12,14H,4-10,13H2,1-3H3. The van der Waals surface area contributed by atoms with Gasteiger partial charge in [0.05, 0.1) is 0 Å². The van der Waals surface area contributed by atoms with E-state index in [0.29, 0.717) is 6.04 Å². The molecule has 0 aromatic carbocycles. The Labute approximate surface area is 89.6 Å². The summed E-state index contributed by atoms with van der Waals surface area (Å²) in [5.41, 5.74) is 2.94. The van der Waals surface area contributed by atoms with Gasteiger partial charge in [-0.05, 0) is 18.8 Å². The Morgan fingerprint density at radius 2 is 1.79 bits per heavy atom. The molecule has 0 heterocycles. The third-order valence-electron chi connectivity index (χ3n) is 3.03. The lowest BCUT2D eigenvalue weighted by Gasteiger charge is -2.21. The monoisotopic (exact) mass is 200 g/mol. The van der Waals surface area contributed by atoms with Crippen molar-refractivity contribution in [1.29, 1.82) is 0 Å². The first-order chi connectivity index (χ1) is 6.78. The zero-order valence-electron chi connectivity index (χ0n) is 10.2. The summed E-state index contributed by atoms with van der Waals surface area (Å²) in [6.07, 6.45) is 9.02. The molecule has 0 saturated carbocycles. The van der Waals surface area contributed by atoms with E-state index in [0.717, 1.165) is 5.92 Å². The number of nitrogens with two attached hydrogens (primary N) is 1. The lowest BCUT2D eigenvalue weighted by atomic mass is 9.91. The van der Waals surface area contributed by atoms with E-state index >= 15 is 0 Å². The summed E-state index contributed by atoms with van der Waals surface area (Å²) in [5, 5.41) is 0. The lowest BCUT2D eigenvalue weighted by Crippen LogP contribution is -2.36. The van der Waals surface area contributed by atoms with Gasteiger partial charge in [0, 0.05) is 6.04 Å². The molecule has 0 saturated heterocycles. The molecule has 2 atom stereocenters. The van der Waals surface area contributed by atoms with Crippen LogP contribution in [0.1, 0.15) is 65.7 Å². The van der Waals surface area contributed by atoms with Crippen molar-refractivity contribution >= 4 is 0 Å². The summed E-state index contributed by atoms with van der Waals surface area (Å²) in [6, 6.07) is 0.529. The van der Waals surface area contributed by atoms with Crippen LogP contribution in [0.5, 0.6) is 0 Å². The summed E-state index contributed by atoms with van der Waals surface area (Å²) < 4.78 is 0. The number of rotatable bonds is 9. The van der Waals surface area contributed by atoms with Crippen LogP contribution in [0.25, 0.3) is 0 Å². The van der Waals surface area contributed by atoms with Crippen LogP contribution in [0.15, 0.2) is 0 Å². The highest BCUT2D eigenvalue weighted by Gasteiger charge is 2.12. The van der Waals surface area contributed by atoms with Gasteiger partial charge in [0.25, 0.3) is 0 Å². The highest BCUT2D eigenvalue weighted by Crippen LogP contribution is 2.19. The molecule has 0 aromatic heterocycles. The molecule has 2 heteroatoms. The maximum absolute atomic E-state index is 5.54. The van der Waals surface area contributed by atoms with Gasteiger partial charge in [0.2, 0.25) is 0 Å². The van der Waals surface area contributed by atoms with Crippen LogP contribution in [0, 0.1) is 5.92 Å². The molecule has 0 amide bonds. The Morgan fingerprint density at radius 1 is 1.07 bits per heavy atom. The topological polar surface area (TPSA) is 38.0 Å². The Kier molecular flexibility index (Phi) is 9.42. The SMILES string of the molecule is CCCCC(CC)CC(CCC)NN. The number of hydrogen-bond donors (Lipinski definition) is 2. The highest BCUT2D eigenvalue weighted by molar-refractivity contribution is 4.69. The van der Waals surface area contributed by atoms with Gasteiger partial charge in [0.15, 0.2) is 0 Å². The van der Waals surface area contributed by atoms with Gasteiger partial charge in [-0.15, -0.1) is 0 Å². The lowest BCUT2D eigenvalue weighted by molar-refractivity contribution is 0.338. The van der Waals surface area contributed by atoms with E-state index in [4.69, 9.17) is 5.84 Å². The molecule has 0 bridgehead atoms. The van der Waals surface area contributed by atoms with Crippen LogP contribution in [0.4, 0.5) is 0 Å². The summed E-state index contributed by atoms with van der Waals surface area (Å²) in [6.45, 7) is 6.77. The van der Waals surface area contributed by atoms with Gasteiger partial charge < -0.3 is 0 Å². The third kappa shape index (κ3) is 6.39. The van der Waals surface area contributed by atoms with E-state index in [1.807, 2.05) is 0 Å². The molecule has 2 unspecified atom stereocenters. The Morgan fingerprint density at radius 3 is 2.21 bits per heavy atom. The van der Waals surface area contributed by atoms with Crippen molar-refractivity contribution in [3.05, 3.63) is 0 Å². The zero-order chi connectivity index (χ0) is 10.8. The minimum absolute atomic E-state index is 0.529. The fourth-order valence-electron chi connectivity index (χ4n) is 2.00. The molecule has 0 rings (SSSR count). The van der Waals surface area contributed by atoms with Gasteiger partial charge in [-0.2, -0.15) is 0 Å². The fraction of sp³-hybridized carbons (Fsp3) is 1.00. The van der Waals surface area contributed by atoms with Crippen molar-refractivity contribution in [2.45, 2.75) is 71.8 Å². The van der Waals surface area contributed by atoms with Crippen LogP contribution < -0.4 is 11.3 Å². The molecule has 0 aliphatic carbocycles. The average Bonchev–Trinajstić information content (AvgIpc) is 2.22. The van der Waals surface area contributed by atoms with Crippen molar-refractivity contribution in [1.82, 2.24) is 5.43 Å². The Bertz CT molecular complexity index is 115. The molecule has 0 aliphatic heterocycles. The van der Waals surface area contributed by atoms with Crippen LogP contribution in [0.3, 0.4) is 0 Å². The van der Waals surface area contributed by atoms with Gasteiger partial charge in [-0.3, -0.25) is 11.3 Å². The number of unbranched alkanes of at least 4 members (excludes halogenated alkanes) is 1. The molecule has 0 fully saturated rings. The first-order valence-electron chi connectivity index (χ1n) is 6.24. The van der Waals surface area contributed by atoms with Crippen LogP contribution in [-0.2, 0) is 0 Å². The number of nitrogens with one attached hydrogen (secondary N) is 1. The molecule has 0 aliphatic rings. The number of hydrazine groups is 1. The van der Waals surface area contributed by atoms with E-state index in [-0.39, 0.29) is 0 Å². The highest BCUT2D eigenvalue weighted by atomic mass is 15.2. The smallest absolute Gasteiger partial charge is 0.0213 e. The predicted octanol–water partition coefficient (Wildman–Crippen LogP) is 3.22. The molecular formula is C12H28N2. The van der Waals surface area contributed by atoms with Gasteiger partial charge in [-0.1, -0.05) is 52.9 Å². The molecule has 14 heavy (non-hydrogen) atoms. The Hall–Kier alpha value is -0.0800. The minimum Gasteiger partial charge on any atom is -0.271 e. The maximum atomic E-state index is 5.54. The van der Waals surface area contributed by atoms with Crippen molar-refractivity contribution < 1.29 is 0 Å². The third-order valence-corrected chi connectivity index (χ3v) is 3.03. The van der Waals surface area contributed by atoms with E-state index in [1.54, 1.807) is 0 Å². The second-order valence-electron chi connectivity index (χ2n) is 4.30. The van der Waals surface area contributed by atoms with E-state index in [9.17, 15) is 0 Å². The first-order valence-corrected chi connectivity index (χ1v) is 6.24. The molecular weight excluding hydrogens is 172 g/mol. The van der Waals surface area contributed by atoms with E-state index < -0.39 is 0 Å². The fourth-order valence-corrected chi connectivity index (χ4v) is 2.00. The van der Waals surface area contributed by atoms with Crippen LogP contribution in [-0.4, -0.2) is 6.04 Å². The summed E-state index contributed by atoms with van der Waals surface area (Å²) in [7, 11) is 0. The predicted molar refractivity (Wildman–Crippen MR) is 63.9 cm³/mol. The van der Waals surface area contributed by atoms with Gasteiger partial charge in [-0.25, -0.2) is 0 Å². The average molecular weight is 200 g/mol. The minimum atomic E-state index is 0.529. The second-order valence-corrected chi connectivity index (χ2v) is 4.30. The van der Waals surface area contributed by atoms with Gasteiger partial charge >= 0.3 is 0 Å². The molecule has 86 valence electrons. The quantitative estimate of drug-likeness (QED) is 0.443. The summed E-state index contributed by atoms with van der Waals surface area (Å²) in [4.78, 5) is 0. The molecule has 0 aromatic rings. The molecule has 2 nitrogen and oxygen atoms in total. The van der Waals surface area contributed by atoms with Crippen molar-refractivity contribution in [3.63, 3.8) is 0 Å². The molecule has 0 radical (unpaired) electrons. The van der Waals surface area contributed by atoms with E-state index in [1.165, 1.54) is 44.9 Å². The van der Waals surface area contributed by atoms with Crippen molar-refractivity contribution in [2.75, 3.05) is 0 Å². The molecule has 0 spiro atoms. The largest absolute Gasteiger partial charge is 0.271 e. The molecule has 3 N–H and O–H groups in total. The van der Waals surface area contributed by atoms with Crippen LogP contribution >= 0.6 is 0 Å². The zero-order valence-corrected chi connectivity index (χ0v) is 10.2. The summed E-state index contributed by atoms with van der Waals surface area (Å²) in [5.74, 6) is 6.40. The summed E-state index contributed by atoms with van der Waals surface area (Å²) >= 11 is 0. The first kappa shape index (κ1) is 13.9.